The molecule has 0 aromatic carbocycles. The summed E-state index contributed by atoms with van der Waals surface area (Å²) in [6.45, 7) is 4.16. The Balaban J connectivity index is 2.22. The maximum absolute atomic E-state index is 11.6. The Bertz CT molecular complexity index is 576. The van der Waals surface area contributed by atoms with Crippen molar-refractivity contribution in [2.75, 3.05) is 0 Å². The molecule has 17 heavy (non-hydrogen) atoms. The van der Waals surface area contributed by atoms with Crippen LogP contribution in [0.4, 0.5) is 0 Å². The first-order valence-electron chi connectivity index (χ1n) is 5.11. The number of halogens is 1. The molecule has 6 nitrogen and oxygen atoms in total. The van der Waals surface area contributed by atoms with E-state index in [1.54, 1.807) is 6.20 Å². The molecule has 0 bridgehead atoms. The van der Waals surface area contributed by atoms with Gasteiger partial charge in [0.2, 0.25) is 5.89 Å². The summed E-state index contributed by atoms with van der Waals surface area (Å²) in [6, 6.07) is 1.51. The van der Waals surface area contributed by atoms with Gasteiger partial charge in [0.25, 0.3) is 5.56 Å². The molecule has 2 rings (SSSR count). The van der Waals surface area contributed by atoms with Gasteiger partial charge < -0.3 is 4.52 Å². The Kier molecular flexibility index (Phi) is 3.55. The molecule has 0 aliphatic heterocycles. The first kappa shape index (κ1) is 12.2. The van der Waals surface area contributed by atoms with Gasteiger partial charge >= 0.3 is 0 Å². The van der Waals surface area contributed by atoms with Crippen molar-refractivity contribution >= 4 is 22.6 Å². The van der Waals surface area contributed by atoms with Gasteiger partial charge in [0.15, 0.2) is 5.82 Å². The summed E-state index contributed by atoms with van der Waals surface area (Å²) in [6.07, 6.45) is 1.62. The van der Waals surface area contributed by atoms with Crippen molar-refractivity contribution in [2.24, 2.45) is 0 Å². The highest BCUT2D eigenvalue weighted by Crippen LogP contribution is 2.10. The highest BCUT2D eigenvalue weighted by molar-refractivity contribution is 14.1. The first-order valence-corrected chi connectivity index (χ1v) is 6.19. The number of aromatic nitrogens is 4. The molecule has 0 saturated heterocycles. The van der Waals surface area contributed by atoms with Crippen LogP contribution in [0.25, 0.3) is 0 Å². The molecule has 7 heteroatoms. The molecule has 0 fully saturated rings. The predicted octanol–water partition coefficient (Wildman–Crippen LogP) is 1.40. The maximum Gasteiger partial charge on any atom is 0.268 e. The summed E-state index contributed by atoms with van der Waals surface area (Å²) < 4.78 is 7.16. The van der Waals surface area contributed by atoms with Gasteiger partial charge in [0.05, 0.1) is 6.20 Å². The zero-order valence-electron chi connectivity index (χ0n) is 9.42. The molecule has 90 valence electrons. The van der Waals surface area contributed by atoms with Crippen LogP contribution in [0.5, 0.6) is 0 Å². The molecule has 0 atom stereocenters. The van der Waals surface area contributed by atoms with Gasteiger partial charge in [-0.2, -0.15) is 10.1 Å². The van der Waals surface area contributed by atoms with Crippen LogP contribution in [0, 0.1) is 3.57 Å². The van der Waals surface area contributed by atoms with Crippen molar-refractivity contribution in [2.45, 2.75) is 26.3 Å². The van der Waals surface area contributed by atoms with E-state index in [1.165, 1.54) is 10.7 Å². The van der Waals surface area contributed by atoms with Crippen molar-refractivity contribution in [1.29, 1.82) is 0 Å². The molecule has 0 unspecified atom stereocenters. The van der Waals surface area contributed by atoms with E-state index < -0.39 is 0 Å². The molecule has 0 spiro atoms. The largest absolute Gasteiger partial charge is 0.339 e. The highest BCUT2D eigenvalue weighted by Gasteiger charge is 2.11. The van der Waals surface area contributed by atoms with E-state index in [-0.39, 0.29) is 18.0 Å². The third kappa shape index (κ3) is 2.90. The van der Waals surface area contributed by atoms with Gasteiger partial charge in [-0.15, -0.1) is 0 Å². The van der Waals surface area contributed by atoms with Gasteiger partial charge in [-0.3, -0.25) is 4.79 Å². The Morgan fingerprint density at radius 3 is 2.88 bits per heavy atom. The quantitative estimate of drug-likeness (QED) is 0.786. The SMILES string of the molecule is CC(C)c1nc(Cn2ncc(I)cc2=O)no1. The van der Waals surface area contributed by atoms with E-state index in [9.17, 15) is 4.79 Å². The second-order valence-electron chi connectivity index (χ2n) is 3.87. The van der Waals surface area contributed by atoms with Gasteiger partial charge in [0.1, 0.15) is 6.54 Å². The van der Waals surface area contributed by atoms with Crippen LogP contribution in [0.2, 0.25) is 0 Å². The molecule has 2 heterocycles. The number of nitrogens with zero attached hydrogens (tertiary/aromatic N) is 4. The predicted molar refractivity (Wildman–Crippen MR) is 68.7 cm³/mol. The van der Waals surface area contributed by atoms with E-state index in [4.69, 9.17) is 4.52 Å². The minimum absolute atomic E-state index is 0.173. The van der Waals surface area contributed by atoms with Crippen molar-refractivity contribution in [3.8, 4) is 0 Å². The molecule has 0 N–H and O–H groups in total. The fourth-order valence-electron chi connectivity index (χ4n) is 1.23. The van der Waals surface area contributed by atoms with Gasteiger partial charge in [-0.25, -0.2) is 4.68 Å². The average molecular weight is 346 g/mol. The molecule has 0 aliphatic rings. The summed E-state index contributed by atoms with van der Waals surface area (Å²) in [7, 11) is 0. The second-order valence-corrected chi connectivity index (χ2v) is 5.12. The number of hydrogen-bond acceptors (Lipinski definition) is 5. The Morgan fingerprint density at radius 1 is 1.53 bits per heavy atom. The molecule has 2 aromatic heterocycles. The summed E-state index contributed by atoms with van der Waals surface area (Å²) >= 11 is 2.04. The average Bonchev–Trinajstić information content (AvgIpc) is 2.71. The lowest BCUT2D eigenvalue weighted by atomic mass is 10.2. The van der Waals surface area contributed by atoms with Gasteiger partial charge in [-0.05, 0) is 22.6 Å². The van der Waals surface area contributed by atoms with Crippen LogP contribution in [-0.2, 0) is 6.54 Å². The topological polar surface area (TPSA) is 73.8 Å². The van der Waals surface area contributed by atoms with E-state index in [1.807, 2.05) is 36.4 Å². The minimum atomic E-state index is -0.173. The lowest BCUT2D eigenvalue weighted by Gasteiger charge is -1.99. The van der Waals surface area contributed by atoms with Crippen LogP contribution in [-0.4, -0.2) is 19.9 Å². The van der Waals surface area contributed by atoms with E-state index >= 15 is 0 Å². The maximum atomic E-state index is 11.6. The van der Waals surface area contributed by atoms with Crippen LogP contribution in [0.1, 0.15) is 31.5 Å². The molecule has 0 saturated carbocycles. The fraction of sp³-hybridized carbons (Fsp3) is 0.400. The van der Waals surface area contributed by atoms with Gasteiger partial charge in [0, 0.05) is 15.6 Å². The molecule has 0 radical (unpaired) electrons. The molecular weight excluding hydrogens is 335 g/mol. The molecule has 2 aromatic rings. The first-order chi connectivity index (χ1) is 8.06. The fourth-order valence-corrected chi connectivity index (χ4v) is 1.62. The number of hydrogen-bond donors (Lipinski definition) is 0. The Morgan fingerprint density at radius 2 is 2.29 bits per heavy atom. The van der Waals surface area contributed by atoms with Crippen molar-refractivity contribution < 1.29 is 4.52 Å². The summed E-state index contributed by atoms with van der Waals surface area (Å²) in [5.41, 5.74) is -0.173. The van der Waals surface area contributed by atoms with E-state index in [2.05, 4.69) is 15.2 Å². The molecular formula is C10H11IN4O2. The van der Waals surface area contributed by atoms with Crippen molar-refractivity contribution in [1.82, 2.24) is 19.9 Å². The smallest absolute Gasteiger partial charge is 0.268 e. The molecule has 0 aliphatic carbocycles. The molecule has 0 amide bonds. The second kappa shape index (κ2) is 4.94. The van der Waals surface area contributed by atoms with Crippen molar-refractivity contribution in [3.63, 3.8) is 0 Å². The third-order valence-electron chi connectivity index (χ3n) is 2.11. The summed E-state index contributed by atoms with van der Waals surface area (Å²) in [4.78, 5) is 15.8. The van der Waals surface area contributed by atoms with Crippen LogP contribution in [0.3, 0.4) is 0 Å². The standard InChI is InChI=1S/C10H11IN4O2/c1-6(2)10-13-8(14-17-10)5-15-9(16)3-7(11)4-12-15/h3-4,6H,5H2,1-2H3. The Hall–Kier alpha value is -1.25. The van der Waals surface area contributed by atoms with Crippen LogP contribution >= 0.6 is 22.6 Å². The summed E-state index contributed by atoms with van der Waals surface area (Å²) in [5.74, 6) is 1.21. The minimum Gasteiger partial charge on any atom is -0.339 e. The zero-order chi connectivity index (χ0) is 12.4. The van der Waals surface area contributed by atoms with E-state index in [0.29, 0.717) is 11.7 Å². The Labute approximate surface area is 111 Å². The van der Waals surface area contributed by atoms with E-state index in [0.717, 1.165) is 3.57 Å². The third-order valence-corrected chi connectivity index (χ3v) is 2.70. The van der Waals surface area contributed by atoms with Gasteiger partial charge in [-0.1, -0.05) is 19.0 Å². The normalized spacial score (nSPS) is 11.1. The zero-order valence-corrected chi connectivity index (χ0v) is 11.6. The van der Waals surface area contributed by atoms with Crippen molar-refractivity contribution in [3.05, 3.63) is 37.9 Å². The lowest BCUT2D eigenvalue weighted by Crippen LogP contribution is -2.23. The monoisotopic (exact) mass is 346 g/mol. The summed E-state index contributed by atoms with van der Waals surface area (Å²) in [5, 5.41) is 7.81. The lowest BCUT2D eigenvalue weighted by molar-refractivity contribution is 0.359. The highest BCUT2D eigenvalue weighted by atomic mass is 127. The number of rotatable bonds is 3. The van der Waals surface area contributed by atoms with Crippen LogP contribution in [0.15, 0.2) is 21.6 Å². The van der Waals surface area contributed by atoms with Crippen LogP contribution < -0.4 is 5.56 Å².